The number of hydrogen-bond acceptors (Lipinski definition) is 26. The van der Waals surface area contributed by atoms with Crippen LogP contribution in [0.3, 0.4) is 0 Å². The average Bonchev–Trinajstić information content (AvgIpc) is 1.19. The number of ether oxygens (including phenoxy) is 5. The monoisotopic (exact) mass is 1170 g/mol. The van der Waals surface area contributed by atoms with E-state index in [1.54, 1.807) is 0 Å². The molecule has 11 rings (SSSR count). The number of phenols is 18. The predicted octanol–water partition coefficient (Wildman–Crippen LogP) is 6.41. The minimum absolute atomic E-state index is 0.00381. The third-order valence-electron chi connectivity index (χ3n) is 14.9. The molecule has 3 aliphatic rings. The van der Waals surface area contributed by atoms with Crippen molar-refractivity contribution in [3.05, 3.63) is 159 Å². The van der Waals surface area contributed by atoms with Crippen molar-refractivity contribution in [1.82, 2.24) is 0 Å². The van der Waals surface area contributed by atoms with Crippen LogP contribution in [0, 0.1) is 0 Å². The van der Waals surface area contributed by atoms with Gasteiger partial charge in [0.15, 0.2) is 93.4 Å². The topological polar surface area (TPSA) is 465 Å². The van der Waals surface area contributed by atoms with Gasteiger partial charge in [-0.15, -0.1) is 0 Å². The molecule has 8 aromatic rings. The molecule has 0 saturated heterocycles. The van der Waals surface area contributed by atoms with Crippen LogP contribution in [0.2, 0.25) is 0 Å². The van der Waals surface area contributed by atoms with Gasteiger partial charge in [-0.25, -0.2) is 9.59 Å². The van der Waals surface area contributed by atoms with Gasteiger partial charge < -0.3 is 121 Å². The zero-order valence-electron chi connectivity index (χ0n) is 43.0. The minimum Gasteiger partial charge on any atom is -0.508 e. The summed E-state index contributed by atoms with van der Waals surface area (Å²) in [5.74, 6) is -24.3. The van der Waals surface area contributed by atoms with Crippen LogP contribution in [-0.4, -0.2) is 127 Å². The Balaban J connectivity index is 1.24. The first-order valence-electron chi connectivity index (χ1n) is 25.2. The van der Waals surface area contributed by atoms with Crippen LogP contribution in [0.15, 0.2) is 103 Å². The van der Waals surface area contributed by atoms with Gasteiger partial charge in [0, 0.05) is 69.6 Å². The van der Waals surface area contributed by atoms with Crippen molar-refractivity contribution in [3.8, 4) is 121 Å². The number of carbonyl (C=O) groups excluding carboxylic acids is 2. The van der Waals surface area contributed by atoms with E-state index in [-0.39, 0.29) is 22.3 Å². The summed E-state index contributed by atoms with van der Waals surface area (Å²) in [6.45, 7) is 0. The lowest BCUT2D eigenvalue weighted by Crippen LogP contribution is -2.42. The molecule has 0 radical (unpaired) electrons. The second kappa shape index (κ2) is 20.5. The molecule has 438 valence electrons. The van der Waals surface area contributed by atoms with Crippen molar-refractivity contribution in [2.45, 2.75) is 54.9 Å². The van der Waals surface area contributed by atoms with E-state index in [2.05, 4.69) is 0 Å². The molecule has 0 unspecified atom stereocenters. The van der Waals surface area contributed by atoms with Gasteiger partial charge in [-0.1, -0.05) is 18.2 Å². The molecule has 0 saturated carbocycles. The van der Waals surface area contributed by atoms with E-state index in [4.69, 9.17) is 23.7 Å². The minimum atomic E-state index is -2.15. The SMILES string of the molecule is O=C(O[C@@H]1[C@@H](c2c(O)cc(O)c3c2O[C@H](c2ccc(O)c(O)c2)[C@@H](O)C3)c2c(O)cc(O)c([C@H]3c4c(O)cc(O)cc4O[C@H](c4ccc(O)c(O)c4)[C@@H]3OC(=O)c3cc(O)c(O)c(O)c3)c2O[C@@H]1c1ccc(O)c(O)c1)c1cc(O)c(O)c(O)c1. The molecule has 85 heavy (non-hydrogen) atoms. The Labute approximate surface area is 475 Å². The summed E-state index contributed by atoms with van der Waals surface area (Å²) in [4.78, 5) is 29.3. The number of esters is 2. The molecule has 8 aromatic carbocycles. The lowest BCUT2D eigenvalue weighted by molar-refractivity contribution is -0.0339. The highest BCUT2D eigenvalue weighted by Gasteiger charge is 2.54. The summed E-state index contributed by atoms with van der Waals surface area (Å²) in [6.07, 6.45) is -11.8. The Morgan fingerprint density at radius 3 is 1.19 bits per heavy atom. The molecule has 3 aliphatic heterocycles. The molecular formula is C59H46O26. The van der Waals surface area contributed by atoms with Gasteiger partial charge in [0.1, 0.15) is 57.8 Å². The Bertz CT molecular complexity index is 4060. The van der Waals surface area contributed by atoms with Gasteiger partial charge in [0.25, 0.3) is 0 Å². The number of aliphatic hydroxyl groups is 1. The van der Waals surface area contributed by atoms with Crippen molar-refractivity contribution in [2.24, 2.45) is 0 Å². The number of aliphatic hydroxyl groups excluding tert-OH is 1. The standard InChI is InChI=1S/C59H46O26/c60-24-14-33(68)43-42(15-24)81-52(20-2-5-27(62)31(66)8-20)56(84-58(79)22-10-37(72)49(77)38(73)11-22)47(43)45-35(70)18-36(71)46-48(44-34(69)17-29(64)25-16-41(76)51(82-54(25)44)19-1-4-26(61)30(65)7-19)57(85-59(80)23-12-39(74)50(78)40(75)13-23)53(83-55(45)46)21-3-6-28(63)32(67)9-21/h1-15,17-18,41,47-48,51-53,56-57,60-78H,16H2/t41-,47+,48-,51+,52+,53+,56+,57+/m0/s1. The Hall–Kier alpha value is -11.5. The van der Waals surface area contributed by atoms with Gasteiger partial charge >= 0.3 is 11.9 Å². The van der Waals surface area contributed by atoms with Crippen LogP contribution in [0.25, 0.3) is 0 Å². The fraction of sp³-hybridized carbons (Fsp3) is 0.153. The summed E-state index contributed by atoms with van der Waals surface area (Å²) >= 11 is 0. The van der Waals surface area contributed by atoms with E-state index in [9.17, 15) is 107 Å². The summed E-state index contributed by atoms with van der Waals surface area (Å²) in [5, 5.41) is 210. The van der Waals surface area contributed by atoms with Crippen LogP contribution in [-0.2, 0) is 15.9 Å². The molecule has 8 atom stereocenters. The second-order valence-corrected chi connectivity index (χ2v) is 20.1. The molecule has 0 aliphatic carbocycles. The first-order valence-corrected chi connectivity index (χ1v) is 25.2. The summed E-state index contributed by atoms with van der Waals surface area (Å²) in [7, 11) is 0. The molecule has 26 heteroatoms. The highest BCUT2D eigenvalue weighted by molar-refractivity contribution is 5.92. The third kappa shape index (κ3) is 9.42. The molecular weight excluding hydrogens is 1120 g/mol. The number of benzene rings is 8. The summed E-state index contributed by atoms with van der Waals surface area (Å²) in [6, 6.07) is 15.5. The number of rotatable bonds is 9. The van der Waals surface area contributed by atoms with E-state index in [0.29, 0.717) is 30.3 Å². The van der Waals surface area contributed by atoms with Crippen molar-refractivity contribution >= 4 is 11.9 Å². The first-order chi connectivity index (χ1) is 40.3. The lowest BCUT2D eigenvalue weighted by Gasteiger charge is -2.44. The van der Waals surface area contributed by atoms with Crippen LogP contribution in [0.5, 0.6) is 121 Å². The molecule has 0 aromatic heterocycles. The van der Waals surface area contributed by atoms with Crippen LogP contribution in [0.4, 0.5) is 0 Å². The lowest BCUT2D eigenvalue weighted by atomic mass is 9.73. The Morgan fingerprint density at radius 1 is 0.365 bits per heavy atom. The first kappa shape index (κ1) is 55.4. The van der Waals surface area contributed by atoms with Gasteiger partial charge in [0.2, 0.25) is 0 Å². The molecule has 3 heterocycles. The Morgan fingerprint density at radius 2 is 0.741 bits per heavy atom. The maximum absolute atomic E-state index is 14.7. The van der Waals surface area contributed by atoms with E-state index in [1.165, 1.54) is 12.1 Å². The largest absolute Gasteiger partial charge is 0.508 e. The van der Waals surface area contributed by atoms with Gasteiger partial charge in [0.05, 0.1) is 29.1 Å². The average molecular weight is 1170 g/mol. The van der Waals surface area contributed by atoms with E-state index < -0.39 is 221 Å². The zero-order valence-corrected chi connectivity index (χ0v) is 43.0. The molecule has 26 nitrogen and oxygen atoms in total. The zero-order chi connectivity index (χ0) is 60.9. The number of aromatic hydroxyl groups is 18. The smallest absolute Gasteiger partial charge is 0.338 e. The van der Waals surface area contributed by atoms with Crippen molar-refractivity contribution in [1.29, 1.82) is 0 Å². The molecule has 0 amide bonds. The van der Waals surface area contributed by atoms with Gasteiger partial charge in [-0.3, -0.25) is 0 Å². The fourth-order valence-electron chi connectivity index (χ4n) is 11.0. The highest BCUT2D eigenvalue weighted by atomic mass is 16.6. The quantitative estimate of drug-likeness (QED) is 0.0548. The maximum Gasteiger partial charge on any atom is 0.338 e. The molecule has 19 N–H and O–H groups in total. The Kier molecular flexibility index (Phi) is 13.3. The van der Waals surface area contributed by atoms with Gasteiger partial charge in [-0.2, -0.15) is 0 Å². The van der Waals surface area contributed by atoms with Crippen LogP contribution in [0.1, 0.15) is 95.4 Å². The van der Waals surface area contributed by atoms with Crippen molar-refractivity contribution in [2.75, 3.05) is 0 Å². The van der Waals surface area contributed by atoms with Crippen molar-refractivity contribution in [3.63, 3.8) is 0 Å². The summed E-state index contributed by atoms with van der Waals surface area (Å²) in [5.41, 5.74) is -4.30. The second-order valence-electron chi connectivity index (χ2n) is 20.1. The molecule has 0 spiro atoms. The van der Waals surface area contributed by atoms with Gasteiger partial charge in [-0.05, 0) is 66.2 Å². The summed E-state index contributed by atoms with van der Waals surface area (Å²) < 4.78 is 32.1. The van der Waals surface area contributed by atoms with Crippen LogP contribution >= 0.6 is 0 Å². The van der Waals surface area contributed by atoms with E-state index >= 15 is 0 Å². The predicted molar refractivity (Wildman–Crippen MR) is 283 cm³/mol. The number of carbonyl (C=O) groups is 2. The normalized spacial score (nSPS) is 20.3. The third-order valence-corrected chi connectivity index (χ3v) is 14.9. The number of phenolic OH excluding ortho intramolecular Hbond substituents is 18. The number of hydrogen-bond donors (Lipinski definition) is 19. The van der Waals surface area contributed by atoms with Crippen LogP contribution < -0.4 is 14.2 Å². The molecule has 0 bridgehead atoms. The van der Waals surface area contributed by atoms with E-state index in [1.807, 2.05) is 0 Å². The van der Waals surface area contributed by atoms with E-state index in [0.717, 1.165) is 60.7 Å². The highest BCUT2D eigenvalue weighted by Crippen LogP contribution is 2.63. The maximum atomic E-state index is 14.7. The molecule has 0 fully saturated rings. The number of fused-ring (bicyclic) bond motifs is 3. The van der Waals surface area contributed by atoms with Crippen molar-refractivity contribution < 1.29 is 130 Å². The fourth-order valence-corrected chi connectivity index (χ4v) is 11.0.